The van der Waals surface area contributed by atoms with Gasteiger partial charge in [0.05, 0.1) is 22.6 Å². The third-order valence-electron chi connectivity index (χ3n) is 5.71. The minimum Gasteiger partial charge on any atom is -0.315 e. The van der Waals surface area contributed by atoms with Crippen LogP contribution in [-0.2, 0) is 14.6 Å². The van der Waals surface area contributed by atoms with Gasteiger partial charge < -0.3 is 4.90 Å². The zero-order valence-electron chi connectivity index (χ0n) is 15.3. The van der Waals surface area contributed by atoms with E-state index < -0.39 is 15.7 Å². The molecule has 3 fully saturated rings. The Labute approximate surface area is 173 Å². The van der Waals surface area contributed by atoms with Crippen LogP contribution in [0, 0.1) is 11.7 Å². The van der Waals surface area contributed by atoms with Crippen LogP contribution < -0.4 is 4.90 Å². The molecule has 0 N–H and O–H groups in total. The van der Waals surface area contributed by atoms with E-state index in [1.807, 2.05) is 0 Å². The van der Waals surface area contributed by atoms with Crippen LogP contribution in [0.25, 0.3) is 0 Å². The fourth-order valence-electron chi connectivity index (χ4n) is 4.29. The highest BCUT2D eigenvalue weighted by molar-refractivity contribution is 8.16. The number of benzene rings is 1. The second-order valence-corrected chi connectivity index (χ2v) is 11.5. The molecule has 0 spiro atoms. The lowest BCUT2D eigenvalue weighted by Gasteiger charge is -2.24. The summed E-state index contributed by atoms with van der Waals surface area (Å²) in [6.07, 6.45) is 6.06. The van der Waals surface area contributed by atoms with Gasteiger partial charge in [0.15, 0.2) is 15.0 Å². The SMILES string of the molecule is O=C(CCC1CCCC1)N=C1SC2CS(=O)(=O)CC2N1c1ccc(Cl)c(F)c1. The Balaban J connectivity index is 1.57. The van der Waals surface area contributed by atoms with E-state index in [0.717, 1.165) is 6.42 Å². The molecule has 152 valence electrons. The first-order chi connectivity index (χ1) is 13.3. The summed E-state index contributed by atoms with van der Waals surface area (Å²) in [5.74, 6) is -0.155. The highest BCUT2D eigenvalue weighted by Gasteiger charge is 2.49. The van der Waals surface area contributed by atoms with E-state index in [-0.39, 0.29) is 33.7 Å². The van der Waals surface area contributed by atoms with Crippen molar-refractivity contribution in [3.63, 3.8) is 0 Å². The molecular formula is C19H22ClFN2O3S2. The molecule has 2 heterocycles. The van der Waals surface area contributed by atoms with Gasteiger partial charge in [-0.25, -0.2) is 12.8 Å². The van der Waals surface area contributed by atoms with Gasteiger partial charge in [-0.15, -0.1) is 0 Å². The van der Waals surface area contributed by atoms with Crippen LogP contribution in [0.3, 0.4) is 0 Å². The van der Waals surface area contributed by atoms with Crippen molar-refractivity contribution in [1.82, 2.24) is 0 Å². The third kappa shape index (κ3) is 4.24. The van der Waals surface area contributed by atoms with Gasteiger partial charge in [0.1, 0.15) is 5.82 Å². The molecule has 28 heavy (non-hydrogen) atoms. The third-order valence-corrected chi connectivity index (χ3v) is 9.23. The van der Waals surface area contributed by atoms with Crippen molar-refractivity contribution < 1.29 is 17.6 Å². The topological polar surface area (TPSA) is 66.8 Å². The minimum atomic E-state index is -3.16. The number of nitrogens with zero attached hydrogens (tertiary/aromatic N) is 2. The number of anilines is 1. The summed E-state index contributed by atoms with van der Waals surface area (Å²) in [5.41, 5.74) is 0.473. The summed E-state index contributed by atoms with van der Waals surface area (Å²) in [7, 11) is -3.16. The number of sulfone groups is 1. The van der Waals surface area contributed by atoms with Crippen LogP contribution in [0.1, 0.15) is 38.5 Å². The largest absolute Gasteiger partial charge is 0.315 e. The summed E-state index contributed by atoms with van der Waals surface area (Å²) in [6.45, 7) is 0. The van der Waals surface area contributed by atoms with Gasteiger partial charge in [-0.1, -0.05) is 49.0 Å². The van der Waals surface area contributed by atoms with Crippen LogP contribution in [0.15, 0.2) is 23.2 Å². The smallest absolute Gasteiger partial charge is 0.248 e. The van der Waals surface area contributed by atoms with Gasteiger partial charge in [0, 0.05) is 17.4 Å². The predicted molar refractivity (Wildman–Crippen MR) is 111 cm³/mol. The number of fused-ring (bicyclic) bond motifs is 1. The summed E-state index contributed by atoms with van der Waals surface area (Å²) >= 11 is 7.09. The predicted octanol–water partition coefficient (Wildman–Crippen LogP) is 4.05. The first-order valence-electron chi connectivity index (χ1n) is 9.55. The molecule has 2 aliphatic heterocycles. The van der Waals surface area contributed by atoms with Crippen LogP contribution in [-0.4, -0.2) is 42.3 Å². The molecule has 0 bridgehead atoms. The van der Waals surface area contributed by atoms with E-state index in [4.69, 9.17) is 11.6 Å². The fraction of sp³-hybridized carbons (Fsp3) is 0.579. The number of thioether (sulfide) groups is 1. The molecule has 3 aliphatic rings. The molecule has 4 rings (SSSR count). The van der Waals surface area contributed by atoms with Gasteiger partial charge >= 0.3 is 0 Å². The first-order valence-corrected chi connectivity index (χ1v) is 12.6. The van der Waals surface area contributed by atoms with E-state index in [1.54, 1.807) is 11.0 Å². The maximum Gasteiger partial charge on any atom is 0.248 e. The number of halogens is 2. The maximum absolute atomic E-state index is 14.0. The Morgan fingerprint density at radius 1 is 1.29 bits per heavy atom. The molecular weight excluding hydrogens is 423 g/mol. The van der Waals surface area contributed by atoms with E-state index in [1.165, 1.54) is 49.6 Å². The number of hydrogen-bond donors (Lipinski definition) is 0. The normalized spacial score (nSPS) is 28.2. The second kappa shape index (κ2) is 7.95. The maximum atomic E-state index is 14.0. The molecule has 1 aromatic rings. The average molecular weight is 445 g/mol. The number of rotatable bonds is 4. The van der Waals surface area contributed by atoms with Gasteiger partial charge in [0.25, 0.3) is 0 Å². The Hall–Kier alpha value is -1.12. The molecule has 2 saturated heterocycles. The number of amides is 1. The molecule has 1 aromatic carbocycles. The first kappa shape index (κ1) is 20.2. The van der Waals surface area contributed by atoms with E-state index in [2.05, 4.69) is 4.99 Å². The monoisotopic (exact) mass is 444 g/mol. The van der Waals surface area contributed by atoms with Crippen molar-refractivity contribution in [2.75, 3.05) is 16.4 Å². The van der Waals surface area contributed by atoms with Crippen molar-refractivity contribution in [3.8, 4) is 0 Å². The minimum absolute atomic E-state index is 0.00248. The molecule has 1 amide bonds. The lowest BCUT2D eigenvalue weighted by molar-refractivity contribution is -0.118. The molecule has 2 atom stereocenters. The van der Waals surface area contributed by atoms with Crippen molar-refractivity contribution >= 4 is 50.0 Å². The summed E-state index contributed by atoms with van der Waals surface area (Å²) in [4.78, 5) is 18.5. The Morgan fingerprint density at radius 2 is 2.04 bits per heavy atom. The van der Waals surface area contributed by atoms with Crippen LogP contribution in [0.2, 0.25) is 5.02 Å². The second-order valence-electron chi connectivity index (χ2n) is 7.75. The van der Waals surface area contributed by atoms with Gasteiger partial charge in [-0.05, 0) is 30.5 Å². The quantitative estimate of drug-likeness (QED) is 0.700. The number of carbonyl (C=O) groups excluding carboxylic acids is 1. The van der Waals surface area contributed by atoms with Gasteiger partial charge in [-0.2, -0.15) is 4.99 Å². The lowest BCUT2D eigenvalue weighted by atomic mass is 10.0. The average Bonchev–Trinajstić information content (AvgIpc) is 3.30. The Kier molecular flexibility index (Phi) is 5.73. The highest BCUT2D eigenvalue weighted by Crippen LogP contribution is 2.41. The standard InChI is InChI=1S/C19H22ClFN2O3S2/c20-14-7-6-13(9-15(14)21)23-16-10-28(25,26)11-17(16)27-19(23)22-18(24)8-5-12-3-1-2-4-12/h6-7,9,12,16-17H,1-5,8,10-11H2. The molecule has 2 unspecified atom stereocenters. The number of aliphatic imine (C=N–C) groups is 1. The number of amidine groups is 1. The molecule has 1 saturated carbocycles. The number of carbonyl (C=O) groups is 1. The van der Waals surface area contributed by atoms with Crippen LogP contribution >= 0.6 is 23.4 Å². The van der Waals surface area contributed by atoms with Gasteiger partial charge in [-0.3, -0.25) is 4.79 Å². The summed E-state index contributed by atoms with van der Waals surface area (Å²) in [6, 6.07) is 4.00. The zero-order valence-corrected chi connectivity index (χ0v) is 17.7. The molecule has 0 radical (unpaired) electrons. The fourth-order valence-corrected chi connectivity index (χ4v) is 8.34. The van der Waals surface area contributed by atoms with Crippen molar-refractivity contribution in [3.05, 3.63) is 29.0 Å². The van der Waals surface area contributed by atoms with E-state index >= 15 is 0 Å². The van der Waals surface area contributed by atoms with E-state index in [0.29, 0.717) is 23.2 Å². The molecule has 0 aromatic heterocycles. The Bertz CT molecular complexity index is 916. The zero-order chi connectivity index (χ0) is 19.9. The molecule has 1 aliphatic carbocycles. The molecule has 5 nitrogen and oxygen atoms in total. The van der Waals surface area contributed by atoms with Gasteiger partial charge in [0.2, 0.25) is 5.91 Å². The van der Waals surface area contributed by atoms with E-state index in [9.17, 15) is 17.6 Å². The summed E-state index contributed by atoms with van der Waals surface area (Å²) < 4.78 is 38.2. The summed E-state index contributed by atoms with van der Waals surface area (Å²) in [5, 5.41) is 0.255. The van der Waals surface area contributed by atoms with Crippen LogP contribution in [0.5, 0.6) is 0 Å². The van der Waals surface area contributed by atoms with Crippen LogP contribution in [0.4, 0.5) is 10.1 Å². The highest BCUT2D eigenvalue weighted by atomic mass is 35.5. The van der Waals surface area contributed by atoms with Crippen molar-refractivity contribution in [2.24, 2.45) is 10.9 Å². The Morgan fingerprint density at radius 3 is 2.75 bits per heavy atom. The molecule has 9 heteroatoms. The number of hydrogen-bond acceptors (Lipinski definition) is 4. The lowest BCUT2D eigenvalue weighted by Crippen LogP contribution is -2.37. The van der Waals surface area contributed by atoms with Crippen molar-refractivity contribution in [1.29, 1.82) is 0 Å². The van der Waals surface area contributed by atoms with Crippen molar-refractivity contribution in [2.45, 2.75) is 49.8 Å².